The topological polar surface area (TPSA) is 72.5 Å². The van der Waals surface area contributed by atoms with Crippen LogP contribution in [0.3, 0.4) is 0 Å². The van der Waals surface area contributed by atoms with E-state index in [0.717, 1.165) is 11.3 Å². The Hall–Kier alpha value is -1.55. The maximum absolute atomic E-state index is 11.2. The van der Waals surface area contributed by atoms with Crippen molar-refractivity contribution in [2.75, 3.05) is 6.61 Å². The van der Waals surface area contributed by atoms with Crippen molar-refractivity contribution in [3.05, 3.63) is 29.8 Å². The summed E-state index contributed by atoms with van der Waals surface area (Å²) in [5.74, 6) is -0.0116. The van der Waals surface area contributed by atoms with E-state index in [2.05, 4.69) is 0 Å². The Morgan fingerprint density at radius 3 is 2.47 bits per heavy atom. The van der Waals surface area contributed by atoms with Crippen LogP contribution in [0, 0.1) is 5.41 Å². The van der Waals surface area contributed by atoms with E-state index < -0.39 is 17.4 Å². The third-order valence-corrected chi connectivity index (χ3v) is 3.36. The van der Waals surface area contributed by atoms with E-state index in [1.165, 1.54) is 0 Å². The third kappa shape index (κ3) is 2.13. The van der Waals surface area contributed by atoms with Crippen LogP contribution in [0.5, 0.6) is 5.75 Å². The Morgan fingerprint density at radius 1 is 1.47 bits per heavy atom. The minimum atomic E-state index is -0.793. The maximum Gasteiger partial charge on any atom is 0.311 e. The first-order valence-corrected chi connectivity index (χ1v) is 5.82. The number of nitrogens with two attached hydrogens (primary N) is 1. The zero-order valence-corrected chi connectivity index (χ0v) is 9.85. The van der Waals surface area contributed by atoms with Crippen LogP contribution in [0.2, 0.25) is 0 Å². The Kier molecular flexibility index (Phi) is 3.07. The summed E-state index contributed by atoms with van der Waals surface area (Å²) in [5, 5.41) is 9.17. The predicted molar refractivity (Wildman–Crippen MR) is 63.8 cm³/mol. The Labute approximate surface area is 100 Å². The first-order valence-electron chi connectivity index (χ1n) is 5.82. The molecule has 0 heterocycles. The molecule has 1 fully saturated rings. The fourth-order valence-corrected chi connectivity index (χ4v) is 2.05. The molecule has 4 nitrogen and oxygen atoms in total. The number of carbonyl (C=O) groups is 1. The lowest BCUT2D eigenvalue weighted by Crippen LogP contribution is -2.29. The molecule has 1 unspecified atom stereocenters. The first kappa shape index (κ1) is 11.9. The van der Waals surface area contributed by atoms with Gasteiger partial charge in [0.2, 0.25) is 0 Å². The SMILES string of the molecule is CCOc1ccc(C(N)C2(C(=O)O)CC2)cc1. The van der Waals surface area contributed by atoms with Crippen molar-refractivity contribution >= 4 is 5.97 Å². The summed E-state index contributed by atoms with van der Waals surface area (Å²) in [4.78, 5) is 11.2. The second-order valence-electron chi connectivity index (χ2n) is 4.44. The number of aliphatic carboxylic acids is 1. The van der Waals surface area contributed by atoms with E-state index in [1.807, 2.05) is 31.2 Å². The van der Waals surface area contributed by atoms with E-state index >= 15 is 0 Å². The van der Waals surface area contributed by atoms with Gasteiger partial charge in [-0.15, -0.1) is 0 Å². The summed E-state index contributed by atoms with van der Waals surface area (Å²) in [6.07, 6.45) is 1.33. The number of benzene rings is 1. The highest BCUT2D eigenvalue weighted by Crippen LogP contribution is 2.54. The molecule has 1 aromatic carbocycles. The smallest absolute Gasteiger partial charge is 0.311 e. The van der Waals surface area contributed by atoms with Crippen molar-refractivity contribution in [1.29, 1.82) is 0 Å². The predicted octanol–water partition coefficient (Wildman–Crippen LogP) is 1.95. The summed E-state index contributed by atoms with van der Waals surface area (Å²) in [6, 6.07) is 6.92. The molecule has 0 spiro atoms. The second-order valence-corrected chi connectivity index (χ2v) is 4.44. The number of rotatable bonds is 5. The van der Waals surface area contributed by atoms with Gasteiger partial charge in [-0.05, 0) is 37.5 Å². The Bertz CT molecular complexity index is 409. The summed E-state index contributed by atoms with van der Waals surface area (Å²) in [5.41, 5.74) is 6.15. The van der Waals surface area contributed by atoms with Crippen molar-refractivity contribution in [2.24, 2.45) is 11.1 Å². The van der Waals surface area contributed by atoms with Crippen LogP contribution in [0.25, 0.3) is 0 Å². The summed E-state index contributed by atoms with van der Waals surface area (Å²) in [7, 11) is 0. The van der Waals surface area contributed by atoms with Gasteiger partial charge in [-0.2, -0.15) is 0 Å². The third-order valence-electron chi connectivity index (χ3n) is 3.36. The van der Waals surface area contributed by atoms with Crippen molar-refractivity contribution in [3.63, 3.8) is 0 Å². The van der Waals surface area contributed by atoms with Crippen molar-refractivity contribution in [1.82, 2.24) is 0 Å². The molecule has 1 aliphatic carbocycles. The highest BCUT2D eigenvalue weighted by atomic mass is 16.5. The second kappa shape index (κ2) is 4.37. The molecule has 0 saturated heterocycles. The van der Waals surface area contributed by atoms with Gasteiger partial charge in [0.1, 0.15) is 5.75 Å². The number of carboxylic acid groups (broad SMARTS) is 1. The molecule has 1 aliphatic rings. The molecular formula is C13H17NO3. The van der Waals surface area contributed by atoms with Crippen LogP contribution >= 0.6 is 0 Å². The van der Waals surface area contributed by atoms with E-state index in [-0.39, 0.29) is 0 Å². The fraction of sp³-hybridized carbons (Fsp3) is 0.462. The summed E-state index contributed by atoms with van der Waals surface area (Å²) >= 11 is 0. The van der Waals surface area contributed by atoms with Gasteiger partial charge in [0.05, 0.1) is 12.0 Å². The molecule has 1 atom stereocenters. The lowest BCUT2D eigenvalue weighted by Gasteiger charge is -2.19. The molecule has 0 amide bonds. The van der Waals surface area contributed by atoms with Gasteiger partial charge in [0, 0.05) is 6.04 Å². The molecular weight excluding hydrogens is 218 g/mol. The van der Waals surface area contributed by atoms with Gasteiger partial charge in [-0.25, -0.2) is 0 Å². The molecule has 92 valence electrons. The zero-order chi connectivity index (χ0) is 12.5. The van der Waals surface area contributed by atoms with Gasteiger partial charge in [-0.1, -0.05) is 12.1 Å². The van der Waals surface area contributed by atoms with E-state index in [0.29, 0.717) is 19.4 Å². The van der Waals surface area contributed by atoms with Gasteiger partial charge >= 0.3 is 5.97 Å². The Morgan fingerprint density at radius 2 is 2.06 bits per heavy atom. The molecule has 4 heteroatoms. The maximum atomic E-state index is 11.2. The highest BCUT2D eigenvalue weighted by molar-refractivity contribution is 5.79. The van der Waals surface area contributed by atoms with E-state index in [4.69, 9.17) is 15.6 Å². The normalized spacial score (nSPS) is 18.5. The largest absolute Gasteiger partial charge is 0.494 e. The van der Waals surface area contributed by atoms with Crippen LogP contribution in [-0.2, 0) is 4.79 Å². The van der Waals surface area contributed by atoms with Crippen LogP contribution in [0.15, 0.2) is 24.3 Å². The van der Waals surface area contributed by atoms with Crippen molar-refractivity contribution in [3.8, 4) is 5.75 Å². The number of carboxylic acids is 1. The van der Waals surface area contributed by atoms with Gasteiger partial charge < -0.3 is 15.6 Å². The van der Waals surface area contributed by atoms with Gasteiger partial charge in [0.15, 0.2) is 0 Å². The van der Waals surface area contributed by atoms with Gasteiger partial charge in [-0.3, -0.25) is 4.79 Å². The molecule has 1 saturated carbocycles. The quantitative estimate of drug-likeness (QED) is 0.818. The number of ether oxygens (including phenoxy) is 1. The highest BCUT2D eigenvalue weighted by Gasteiger charge is 2.55. The lowest BCUT2D eigenvalue weighted by atomic mass is 9.91. The van der Waals surface area contributed by atoms with Crippen molar-refractivity contribution < 1.29 is 14.6 Å². The minimum Gasteiger partial charge on any atom is -0.494 e. The molecule has 17 heavy (non-hydrogen) atoms. The van der Waals surface area contributed by atoms with Crippen LogP contribution in [0.4, 0.5) is 0 Å². The standard InChI is InChI=1S/C13H17NO3/c1-2-17-10-5-3-9(4-6-10)11(14)13(7-8-13)12(15)16/h3-6,11H,2,7-8,14H2,1H3,(H,15,16). The van der Waals surface area contributed by atoms with E-state index in [9.17, 15) is 4.79 Å². The molecule has 3 N–H and O–H groups in total. The molecule has 2 rings (SSSR count). The molecule has 0 aliphatic heterocycles. The summed E-state index contributed by atoms with van der Waals surface area (Å²) in [6.45, 7) is 2.54. The molecule has 1 aromatic rings. The average molecular weight is 235 g/mol. The zero-order valence-electron chi connectivity index (χ0n) is 9.85. The molecule has 0 bridgehead atoms. The van der Waals surface area contributed by atoms with Crippen molar-refractivity contribution in [2.45, 2.75) is 25.8 Å². The number of hydrogen-bond donors (Lipinski definition) is 2. The van der Waals surface area contributed by atoms with E-state index in [1.54, 1.807) is 0 Å². The molecule has 0 aromatic heterocycles. The Balaban J connectivity index is 2.15. The molecule has 0 radical (unpaired) electrons. The average Bonchev–Trinajstić information content (AvgIpc) is 3.11. The van der Waals surface area contributed by atoms with Crippen LogP contribution in [-0.4, -0.2) is 17.7 Å². The summed E-state index contributed by atoms with van der Waals surface area (Å²) < 4.78 is 5.33. The fourth-order valence-electron chi connectivity index (χ4n) is 2.05. The number of hydrogen-bond acceptors (Lipinski definition) is 3. The van der Waals surface area contributed by atoms with Crippen LogP contribution < -0.4 is 10.5 Å². The minimum absolute atomic E-state index is 0.435. The first-order chi connectivity index (χ1) is 8.10. The van der Waals surface area contributed by atoms with Crippen LogP contribution in [0.1, 0.15) is 31.4 Å². The lowest BCUT2D eigenvalue weighted by molar-refractivity contribution is -0.144. The monoisotopic (exact) mass is 235 g/mol. The van der Waals surface area contributed by atoms with Gasteiger partial charge in [0.25, 0.3) is 0 Å².